The van der Waals surface area contributed by atoms with Crippen molar-refractivity contribution in [3.05, 3.63) is 48.3 Å². The maximum absolute atomic E-state index is 9.94. The van der Waals surface area contributed by atoms with Gasteiger partial charge in [-0.3, -0.25) is 4.98 Å². The highest BCUT2D eigenvalue weighted by Gasteiger charge is 2.14. The van der Waals surface area contributed by atoms with E-state index in [2.05, 4.69) is 9.97 Å². The summed E-state index contributed by atoms with van der Waals surface area (Å²) >= 11 is 0. The summed E-state index contributed by atoms with van der Waals surface area (Å²) in [6.45, 7) is 0. The van der Waals surface area contributed by atoms with Crippen LogP contribution in [0.2, 0.25) is 0 Å². The monoisotopic (exact) mass is 189 g/mol. The van der Waals surface area contributed by atoms with Gasteiger partial charge in [-0.1, -0.05) is 6.07 Å². The predicted octanol–water partition coefficient (Wildman–Crippen LogP) is 0.897. The maximum atomic E-state index is 9.94. The summed E-state index contributed by atoms with van der Waals surface area (Å²) in [5, 5.41) is 9.94. The standard InChI is InChI=1S/C10H11N3O/c1-13-6-5-12-10(13)9(14)8-3-2-4-11-7-8/h2-7,9,14H,1H3. The molecular formula is C10H11N3O. The Labute approximate surface area is 81.9 Å². The summed E-state index contributed by atoms with van der Waals surface area (Å²) in [5.41, 5.74) is 0.752. The van der Waals surface area contributed by atoms with E-state index in [0.717, 1.165) is 5.56 Å². The summed E-state index contributed by atoms with van der Waals surface area (Å²) in [7, 11) is 1.85. The molecular weight excluding hydrogens is 178 g/mol. The van der Waals surface area contributed by atoms with Crippen molar-refractivity contribution in [2.45, 2.75) is 6.10 Å². The Hall–Kier alpha value is -1.68. The first-order chi connectivity index (χ1) is 6.79. The minimum Gasteiger partial charge on any atom is -0.380 e. The number of imidazole rings is 1. The van der Waals surface area contributed by atoms with Gasteiger partial charge in [0, 0.05) is 37.4 Å². The number of aryl methyl sites for hydroxylation is 1. The molecule has 0 spiro atoms. The molecule has 0 aliphatic carbocycles. The van der Waals surface area contributed by atoms with Crippen molar-refractivity contribution in [2.24, 2.45) is 7.05 Å². The normalized spacial score (nSPS) is 12.7. The first-order valence-corrected chi connectivity index (χ1v) is 4.34. The van der Waals surface area contributed by atoms with Gasteiger partial charge >= 0.3 is 0 Å². The lowest BCUT2D eigenvalue weighted by molar-refractivity contribution is 0.206. The molecule has 0 aliphatic rings. The fraction of sp³-hybridized carbons (Fsp3) is 0.200. The van der Waals surface area contributed by atoms with Crippen LogP contribution >= 0.6 is 0 Å². The van der Waals surface area contributed by atoms with E-state index in [0.29, 0.717) is 5.82 Å². The molecule has 0 saturated carbocycles. The van der Waals surface area contributed by atoms with Crippen LogP contribution in [0.5, 0.6) is 0 Å². The van der Waals surface area contributed by atoms with Gasteiger partial charge in [0.15, 0.2) is 0 Å². The number of hydrogen-bond donors (Lipinski definition) is 1. The van der Waals surface area contributed by atoms with Crippen LogP contribution < -0.4 is 0 Å². The van der Waals surface area contributed by atoms with Crippen LogP contribution in [0.1, 0.15) is 17.5 Å². The molecule has 1 N–H and O–H groups in total. The summed E-state index contributed by atoms with van der Waals surface area (Å²) in [6, 6.07) is 3.62. The minimum atomic E-state index is -0.705. The van der Waals surface area contributed by atoms with Gasteiger partial charge in [-0.05, 0) is 6.07 Å². The Morgan fingerprint density at radius 2 is 2.29 bits per heavy atom. The van der Waals surface area contributed by atoms with E-state index >= 15 is 0 Å². The number of hydrogen-bond acceptors (Lipinski definition) is 3. The molecule has 0 bridgehead atoms. The number of aliphatic hydroxyl groups excluding tert-OH is 1. The fourth-order valence-electron chi connectivity index (χ4n) is 1.33. The highest BCUT2D eigenvalue weighted by Crippen LogP contribution is 2.18. The second kappa shape index (κ2) is 3.59. The highest BCUT2D eigenvalue weighted by molar-refractivity contribution is 5.19. The summed E-state index contributed by atoms with van der Waals surface area (Å²) in [5.74, 6) is 0.623. The third-order valence-electron chi connectivity index (χ3n) is 2.10. The second-order valence-electron chi connectivity index (χ2n) is 3.09. The largest absolute Gasteiger partial charge is 0.380 e. The van der Waals surface area contributed by atoms with Crippen LogP contribution in [0.3, 0.4) is 0 Å². The summed E-state index contributed by atoms with van der Waals surface area (Å²) < 4.78 is 1.79. The molecule has 2 rings (SSSR count). The molecule has 1 unspecified atom stereocenters. The predicted molar refractivity (Wildman–Crippen MR) is 51.5 cm³/mol. The van der Waals surface area contributed by atoms with Crippen molar-refractivity contribution in [3.8, 4) is 0 Å². The van der Waals surface area contributed by atoms with E-state index in [1.807, 2.05) is 13.1 Å². The van der Waals surface area contributed by atoms with E-state index in [1.54, 1.807) is 35.4 Å². The van der Waals surface area contributed by atoms with Gasteiger partial charge in [0.2, 0.25) is 0 Å². The molecule has 14 heavy (non-hydrogen) atoms. The van der Waals surface area contributed by atoms with Crippen LogP contribution in [0.4, 0.5) is 0 Å². The Balaban J connectivity index is 2.34. The minimum absolute atomic E-state index is 0.623. The SMILES string of the molecule is Cn1ccnc1C(O)c1cccnc1. The maximum Gasteiger partial charge on any atom is 0.142 e. The van der Waals surface area contributed by atoms with Gasteiger partial charge in [0.1, 0.15) is 11.9 Å². The zero-order chi connectivity index (χ0) is 9.97. The molecule has 4 heteroatoms. The van der Waals surface area contributed by atoms with Crippen molar-refractivity contribution in [1.29, 1.82) is 0 Å². The summed E-state index contributed by atoms with van der Waals surface area (Å²) in [6.07, 6.45) is 6.07. The number of rotatable bonds is 2. The van der Waals surface area contributed by atoms with Crippen molar-refractivity contribution < 1.29 is 5.11 Å². The fourth-order valence-corrected chi connectivity index (χ4v) is 1.33. The number of pyridine rings is 1. The zero-order valence-electron chi connectivity index (χ0n) is 7.83. The van der Waals surface area contributed by atoms with E-state index in [4.69, 9.17) is 0 Å². The Bertz CT molecular complexity index is 410. The molecule has 1 atom stereocenters. The average molecular weight is 189 g/mol. The second-order valence-corrected chi connectivity index (χ2v) is 3.09. The van der Waals surface area contributed by atoms with Gasteiger partial charge in [0.05, 0.1) is 0 Å². The van der Waals surface area contributed by atoms with Crippen LogP contribution in [-0.4, -0.2) is 19.6 Å². The lowest BCUT2D eigenvalue weighted by Gasteiger charge is -2.09. The molecule has 72 valence electrons. The van der Waals surface area contributed by atoms with Crippen LogP contribution in [0, 0.1) is 0 Å². The lowest BCUT2D eigenvalue weighted by Crippen LogP contribution is -2.06. The topological polar surface area (TPSA) is 50.9 Å². The average Bonchev–Trinajstić information content (AvgIpc) is 2.65. The quantitative estimate of drug-likeness (QED) is 0.763. The molecule has 0 radical (unpaired) electrons. The number of nitrogens with zero attached hydrogens (tertiary/aromatic N) is 3. The van der Waals surface area contributed by atoms with Crippen molar-refractivity contribution in [3.63, 3.8) is 0 Å². The lowest BCUT2D eigenvalue weighted by atomic mass is 10.1. The van der Waals surface area contributed by atoms with Gasteiger partial charge in [-0.2, -0.15) is 0 Å². The first-order valence-electron chi connectivity index (χ1n) is 4.34. The Morgan fingerprint density at radius 1 is 1.43 bits per heavy atom. The molecule has 0 fully saturated rings. The van der Waals surface area contributed by atoms with Gasteiger partial charge in [-0.15, -0.1) is 0 Å². The van der Waals surface area contributed by atoms with Crippen LogP contribution in [0.15, 0.2) is 36.9 Å². The van der Waals surface area contributed by atoms with Crippen molar-refractivity contribution in [2.75, 3.05) is 0 Å². The first kappa shape index (κ1) is 8.90. The van der Waals surface area contributed by atoms with E-state index < -0.39 is 6.10 Å². The van der Waals surface area contributed by atoms with Crippen molar-refractivity contribution in [1.82, 2.24) is 14.5 Å². The molecule has 4 nitrogen and oxygen atoms in total. The van der Waals surface area contributed by atoms with Crippen molar-refractivity contribution >= 4 is 0 Å². The number of aliphatic hydroxyl groups is 1. The van der Waals surface area contributed by atoms with E-state index in [1.165, 1.54) is 0 Å². The molecule has 0 aromatic carbocycles. The third-order valence-corrected chi connectivity index (χ3v) is 2.10. The van der Waals surface area contributed by atoms with E-state index in [-0.39, 0.29) is 0 Å². The van der Waals surface area contributed by atoms with Gasteiger partial charge in [0.25, 0.3) is 0 Å². The van der Waals surface area contributed by atoms with Gasteiger partial charge < -0.3 is 9.67 Å². The number of aromatic nitrogens is 3. The van der Waals surface area contributed by atoms with Crippen LogP contribution in [-0.2, 0) is 7.05 Å². The molecule has 0 amide bonds. The molecule has 0 saturated heterocycles. The zero-order valence-corrected chi connectivity index (χ0v) is 7.83. The molecule has 2 aromatic heterocycles. The van der Waals surface area contributed by atoms with Gasteiger partial charge in [-0.25, -0.2) is 4.98 Å². The Kier molecular flexibility index (Phi) is 2.28. The smallest absolute Gasteiger partial charge is 0.142 e. The molecule has 2 aromatic rings. The highest BCUT2D eigenvalue weighted by atomic mass is 16.3. The van der Waals surface area contributed by atoms with Crippen LogP contribution in [0.25, 0.3) is 0 Å². The Morgan fingerprint density at radius 3 is 2.86 bits per heavy atom. The summed E-state index contributed by atoms with van der Waals surface area (Å²) in [4.78, 5) is 8.03. The third kappa shape index (κ3) is 1.52. The molecule has 0 aliphatic heterocycles. The van der Waals surface area contributed by atoms with E-state index in [9.17, 15) is 5.11 Å². The molecule has 2 heterocycles.